The number of hydrogen-bond acceptors (Lipinski definition) is 1. The van der Waals surface area contributed by atoms with Crippen molar-refractivity contribution in [3.05, 3.63) is 63.6 Å². The minimum Gasteiger partial charge on any atom is -0.362 e. The molecule has 2 aromatic carbocycles. The van der Waals surface area contributed by atoms with Crippen LogP contribution in [0.25, 0.3) is 0 Å². The van der Waals surface area contributed by atoms with Gasteiger partial charge in [-0.3, -0.25) is 0 Å². The van der Waals surface area contributed by atoms with Crippen LogP contribution >= 0.6 is 35.4 Å². The van der Waals surface area contributed by atoms with Crippen LogP contribution in [0, 0.1) is 0 Å². The third-order valence-corrected chi connectivity index (χ3v) is 4.68. The summed E-state index contributed by atoms with van der Waals surface area (Å²) in [7, 11) is 0. The zero-order valence-corrected chi connectivity index (χ0v) is 16.4. The summed E-state index contributed by atoms with van der Waals surface area (Å²) < 4.78 is 0. The standard InChI is InChI=1S/C19H22Cl2N2S/c1-19(2,3)14-5-7-15(8-6-14)23-18(24)22-11-10-13-4-9-16(20)17(21)12-13/h4-9,12H,10-11H2,1-3H3,(H2,22,23,24). The van der Waals surface area contributed by atoms with Gasteiger partial charge in [-0.25, -0.2) is 0 Å². The largest absolute Gasteiger partial charge is 0.362 e. The number of nitrogens with one attached hydrogen (secondary N) is 2. The van der Waals surface area contributed by atoms with E-state index in [1.54, 1.807) is 0 Å². The van der Waals surface area contributed by atoms with Crippen LogP contribution in [0.2, 0.25) is 10.0 Å². The Bertz CT molecular complexity index is 706. The van der Waals surface area contributed by atoms with E-state index in [4.69, 9.17) is 35.4 Å². The van der Waals surface area contributed by atoms with Crippen LogP contribution in [0.5, 0.6) is 0 Å². The molecule has 0 amide bonds. The highest BCUT2D eigenvalue weighted by Gasteiger charge is 2.12. The summed E-state index contributed by atoms with van der Waals surface area (Å²) in [5.41, 5.74) is 3.55. The van der Waals surface area contributed by atoms with E-state index in [-0.39, 0.29) is 5.41 Å². The lowest BCUT2D eigenvalue weighted by molar-refractivity contribution is 0.590. The van der Waals surface area contributed by atoms with Crippen molar-refractivity contribution < 1.29 is 0 Å². The Morgan fingerprint density at radius 2 is 1.67 bits per heavy atom. The second-order valence-electron chi connectivity index (χ2n) is 6.71. The highest BCUT2D eigenvalue weighted by molar-refractivity contribution is 7.80. The maximum absolute atomic E-state index is 6.02. The van der Waals surface area contributed by atoms with E-state index >= 15 is 0 Å². The minimum absolute atomic E-state index is 0.150. The van der Waals surface area contributed by atoms with Gasteiger partial charge in [0.25, 0.3) is 0 Å². The first-order valence-corrected chi connectivity index (χ1v) is 9.01. The second kappa shape index (κ2) is 8.19. The van der Waals surface area contributed by atoms with Crippen LogP contribution in [-0.4, -0.2) is 11.7 Å². The third kappa shape index (κ3) is 5.66. The molecule has 0 heterocycles. The molecule has 2 nitrogen and oxygen atoms in total. The van der Waals surface area contributed by atoms with Crippen LogP contribution in [0.4, 0.5) is 5.69 Å². The van der Waals surface area contributed by atoms with Gasteiger partial charge >= 0.3 is 0 Å². The van der Waals surface area contributed by atoms with E-state index in [1.165, 1.54) is 5.56 Å². The fourth-order valence-corrected chi connectivity index (χ4v) is 2.78. The van der Waals surface area contributed by atoms with E-state index in [1.807, 2.05) is 30.3 Å². The number of hydrogen-bond donors (Lipinski definition) is 2. The number of benzene rings is 2. The monoisotopic (exact) mass is 380 g/mol. The summed E-state index contributed by atoms with van der Waals surface area (Å²) in [4.78, 5) is 0. The van der Waals surface area contributed by atoms with Gasteiger partial charge in [-0.1, -0.05) is 62.2 Å². The third-order valence-electron chi connectivity index (χ3n) is 3.69. The van der Waals surface area contributed by atoms with Gasteiger partial charge in [-0.15, -0.1) is 0 Å². The summed E-state index contributed by atoms with van der Waals surface area (Å²) in [5, 5.41) is 8.16. The summed E-state index contributed by atoms with van der Waals surface area (Å²) in [5.74, 6) is 0. The fraction of sp³-hybridized carbons (Fsp3) is 0.316. The van der Waals surface area contributed by atoms with Crippen molar-refractivity contribution in [3.63, 3.8) is 0 Å². The molecule has 0 atom stereocenters. The maximum Gasteiger partial charge on any atom is 0.170 e. The predicted octanol–water partition coefficient (Wildman–Crippen LogP) is 5.82. The normalized spacial score (nSPS) is 11.2. The van der Waals surface area contributed by atoms with Crippen molar-refractivity contribution in [2.24, 2.45) is 0 Å². The van der Waals surface area contributed by atoms with E-state index < -0.39 is 0 Å². The quantitative estimate of drug-likeness (QED) is 0.653. The molecule has 0 spiro atoms. The highest BCUT2D eigenvalue weighted by Crippen LogP contribution is 2.24. The molecule has 128 valence electrons. The van der Waals surface area contributed by atoms with Crippen LogP contribution < -0.4 is 10.6 Å². The molecule has 0 aliphatic carbocycles. The zero-order chi connectivity index (χ0) is 17.7. The molecule has 0 aliphatic heterocycles. The number of halogens is 2. The Labute approximate surface area is 159 Å². The van der Waals surface area contributed by atoms with E-state index in [0.29, 0.717) is 15.2 Å². The molecule has 0 unspecified atom stereocenters. The van der Waals surface area contributed by atoms with Crippen molar-refractivity contribution in [2.45, 2.75) is 32.6 Å². The van der Waals surface area contributed by atoms with Crippen molar-refractivity contribution >= 4 is 46.2 Å². The molecule has 2 aromatic rings. The first kappa shape index (κ1) is 19.0. The van der Waals surface area contributed by atoms with Crippen LogP contribution in [0.3, 0.4) is 0 Å². The molecule has 0 bridgehead atoms. The average Bonchev–Trinajstić information content (AvgIpc) is 2.50. The molecule has 2 N–H and O–H groups in total. The van der Waals surface area contributed by atoms with Crippen molar-refractivity contribution in [2.75, 3.05) is 11.9 Å². The van der Waals surface area contributed by atoms with E-state index in [9.17, 15) is 0 Å². The van der Waals surface area contributed by atoms with E-state index in [0.717, 1.165) is 24.2 Å². The number of anilines is 1. The molecule has 5 heteroatoms. The van der Waals surface area contributed by atoms with Gasteiger partial charge in [0.2, 0.25) is 0 Å². The first-order valence-electron chi connectivity index (χ1n) is 7.85. The van der Waals surface area contributed by atoms with Gasteiger partial charge in [0.1, 0.15) is 0 Å². The Hall–Kier alpha value is -1.29. The van der Waals surface area contributed by atoms with E-state index in [2.05, 4.69) is 43.5 Å². The van der Waals surface area contributed by atoms with Crippen molar-refractivity contribution in [1.82, 2.24) is 5.32 Å². The predicted molar refractivity (Wildman–Crippen MR) is 110 cm³/mol. The molecular formula is C19H22Cl2N2S. The summed E-state index contributed by atoms with van der Waals surface area (Å²) >= 11 is 17.3. The zero-order valence-electron chi connectivity index (χ0n) is 14.1. The van der Waals surface area contributed by atoms with Crippen molar-refractivity contribution in [1.29, 1.82) is 0 Å². The summed E-state index contributed by atoms with van der Waals surface area (Å²) in [6.07, 6.45) is 0.821. The van der Waals surface area contributed by atoms with Crippen molar-refractivity contribution in [3.8, 4) is 0 Å². The second-order valence-corrected chi connectivity index (χ2v) is 7.93. The first-order chi connectivity index (χ1) is 11.3. The lowest BCUT2D eigenvalue weighted by Crippen LogP contribution is -2.30. The van der Waals surface area contributed by atoms with Crippen LogP contribution in [0.15, 0.2) is 42.5 Å². The summed E-state index contributed by atoms with van der Waals surface area (Å²) in [6.45, 7) is 7.32. The molecular weight excluding hydrogens is 359 g/mol. The number of thiocarbonyl (C=S) groups is 1. The highest BCUT2D eigenvalue weighted by atomic mass is 35.5. The molecule has 24 heavy (non-hydrogen) atoms. The van der Waals surface area contributed by atoms with Gasteiger partial charge in [-0.2, -0.15) is 0 Å². The van der Waals surface area contributed by atoms with Crippen LogP contribution in [0.1, 0.15) is 31.9 Å². The van der Waals surface area contributed by atoms with Crippen LogP contribution in [-0.2, 0) is 11.8 Å². The Balaban J connectivity index is 1.81. The SMILES string of the molecule is CC(C)(C)c1ccc(NC(=S)NCCc2ccc(Cl)c(Cl)c2)cc1. The molecule has 0 fully saturated rings. The molecule has 0 aliphatic rings. The Kier molecular flexibility index (Phi) is 6.50. The van der Waals surface area contributed by atoms with Gasteiger partial charge in [0, 0.05) is 12.2 Å². The lowest BCUT2D eigenvalue weighted by Gasteiger charge is -2.19. The molecule has 0 saturated carbocycles. The topological polar surface area (TPSA) is 24.1 Å². The molecule has 0 aromatic heterocycles. The fourth-order valence-electron chi connectivity index (χ4n) is 2.24. The van der Waals surface area contributed by atoms with Gasteiger partial charge in [-0.05, 0) is 59.4 Å². The lowest BCUT2D eigenvalue weighted by atomic mass is 9.87. The Morgan fingerprint density at radius 1 is 1.00 bits per heavy atom. The van der Waals surface area contributed by atoms with Gasteiger partial charge in [0.15, 0.2) is 5.11 Å². The molecule has 0 saturated heterocycles. The maximum atomic E-state index is 6.02. The minimum atomic E-state index is 0.150. The summed E-state index contributed by atoms with van der Waals surface area (Å²) in [6, 6.07) is 14.0. The average molecular weight is 381 g/mol. The smallest absolute Gasteiger partial charge is 0.170 e. The van der Waals surface area contributed by atoms with Gasteiger partial charge < -0.3 is 10.6 Å². The molecule has 2 rings (SSSR count). The number of rotatable bonds is 4. The Morgan fingerprint density at radius 3 is 2.25 bits per heavy atom. The molecule has 0 radical (unpaired) electrons. The van der Waals surface area contributed by atoms with Gasteiger partial charge in [0.05, 0.1) is 10.0 Å².